The Bertz CT molecular complexity index is 623. The van der Waals surface area contributed by atoms with Gasteiger partial charge in [0.15, 0.2) is 17.3 Å². The van der Waals surface area contributed by atoms with Crippen LogP contribution in [0, 0.1) is 0 Å². The number of hydrogen-bond donors (Lipinski definition) is 1. The van der Waals surface area contributed by atoms with E-state index in [0.29, 0.717) is 5.75 Å². The van der Waals surface area contributed by atoms with Crippen molar-refractivity contribution in [2.75, 3.05) is 14.2 Å². The van der Waals surface area contributed by atoms with Crippen LogP contribution in [0.15, 0.2) is 17.9 Å². The number of ether oxygens (including phenoxy) is 4. The molecular weight excluding hydrogens is 309 g/mol. The Hall–Kier alpha value is -2.58. The third kappa shape index (κ3) is 3.02. The highest BCUT2D eigenvalue weighted by atomic mass is 19.4. The largest absolute Gasteiger partial charge is 0.511 e. The third-order valence-corrected chi connectivity index (χ3v) is 2.81. The summed E-state index contributed by atoms with van der Waals surface area (Å²) in [4.78, 5) is 10.6. The quantitative estimate of drug-likeness (QED) is 0.863. The lowest BCUT2D eigenvalue weighted by Crippen LogP contribution is -2.39. The molecule has 1 N–H and O–H groups in total. The van der Waals surface area contributed by atoms with Crippen molar-refractivity contribution in [3.8, 4) is 17.2 Å². The van der Waals surface area contributed by atoms with E-state index in [2.05, 4.69) is 4.74 Å². The van der Waals surface area contributed by atoms with Crippen molar-refractivity contribution in [2.45, 2.75) is 12.3 Å². The van der Waals surface area contributed by atoms with Crippen LogP contribution in [0.5, 0.6) is 17.2 Å². The molecule has 0 fully saturated rings. The van der Waals surface area contributed by atoms with Crippen molar-refractivity contribution in [1.29, 1.82) is 0 Å². The van der Waals surface area contributed by atoms with Crippen LogP contribution in [-0.2, 0) is 4.74 Å². The fourth-order valence-corrected chi connectivity index (χ4v) is 1.92. The van der Waals surface area contributed by atoms with E-state index in [4.69, 9.17) is 19.3 Å². The van der Waals surface area contributed by atoms with Gasteiger partial charge in [-0.15, -0.1) is 0 Å². The standard InChI is InChI=1S/C13H11F3O6/c1-19-7-3-6-4-9(21-12(17)18)11(13(14,15)16)22-10(6)8(5-7)20-2/h3-5,11H,1-2H3,(H,17,18). The minimum Gasteiger partial charge on any atom is -0.497 e. The van der Waals surface area contributed by atoms with Crippen LogP contribution < -0.4 is 14.2 Å². The molecule has 0 radical (unpaired) electrons. The highest BCUT2D eigenvalue weighted by molar-refractivity contribution is 5.70. The Morgan fingerprint density at radius 2 is 1.95 bits per heavy atom. The molecule has 1 aromatic carbocycles. The summed E-state index contributed by atoms with van der Waals surface area (Å²) in [5.74, 6) is -0.740. The van der Waals surface area contributed by atoms with Crippen molar-refractivity contribution in [1.82, 2.24) is 0 Å². The number of hydrogen-bond acceptors (Lipinski definition) is 5. The molecule has 1 heterocycles. The normalized spacial score (nSPS) is 17.0. The van der Waals surface area contributed by atoms with Crippen molar-refractivity contribution < 1.29 is 42.0 Å². The maximum atomic E-state index is 13.0. The monoisotopic (exact) mass is 320 g/mol. The second-order valence-corrected chi connectivity index (χ2v) is 4.20. The zero-order valence-corrected chi connectivity index (χ0v) is 11.4. The Morgan fingerprint density at radius 3 is 2.45 bits per heavy atom. The van der Waals surface area contributed by atoms with Gasteiger partial charge >= 0.3 is 12.3 Å². The summed E-state index contributed by atoms with van der Waals surface area (Å²) in [6, 6.07) is 2.72. The minimum absolute atomic E-state index is 0.0224. The molecular formula is C13H11F3O6. The van der Waals surface area contributed by atoms with Crippen molar-refractivity contribution in [2.24, 2.45) is 0 Å². The molecule has 0 amide bonds. The van der Waals surface area contributed by atoms with Gasteiger partial charge in [-0.05, 0) is 12.1 Å². The Morgan fingerprint density at radius 1 is 1.27 bits per heavy atom. The lowest BCUT2D eigenvalue weighted by Gasteiger charge is -2.28. The summed E-state index contributed by atoms with van der Waals surface area (Å²) in [5.41, 5.74) is 0.146. The topological polar surface area (TPSA) is 74.2 Å². The highest BCUT2D eigenvalue weighted by Gasteiger charge is 2.48. The molecule has 1 aliphatic heterocycles. The molecule has 6 nitrogen and oxygen atoms in total. The summed E-state index contributed by atoms with van der Waals surface area (Å²) in [6.07, 6.45) is -8.35. The predicted molar refractivity (Wildman–Crippen MR) is 67.1 cm³/mol. The first kappa shape index (κ1) is 15.8. The fraction of sp³-hybridized carbons (Fsp3) is 0.308. The first-order chi connectivity index (χ1) is 10.3. The van der Waals surface area contributed by atoms with Gasteiger partial charge in [-0.25, -0.2) is 4.79 Å². The van der Waals surface area contributed by atoms with E-state index in [0.717, 1.165) is 6.08 Å². The highest BCUT2D eigenvalue weighted by Crippen LogP contribution is 2.44. The number of alkyl halides is 3. The summed E-state index contributed by atoms with van der Waals surface area (Å²) >= 11 is 0. The molecule has 1 aliphatic rings. The number of halogens is 3. The molecule has 1 atom stereocenters. The maximum Gasteiger partial charge on any atom is 0.511 e. The van der Waals surface area contributed by atoms with Crippen molar-refractivity contribution in [3.05, 3.63) is 23.5 Å². The smallest absolute Gasteiger partial charge is 0.497 e. The van der Waals surface area contributed by atoms with E-state index in [1.54, 1.807) is 0 Å². The van der Waals surface area contributed by atoms with E-state index >= 15 is 0 Å². The van der Waals surface area contributed by atoms with Crippen LogP contribution in [-0.4, -0.2) is 37.8 Å². The molecule has 0 bridgehead atoms. The number of benzene rings is 1. The average Bonchev–Trinajstić information content (AvgIpc) is 2.43. The van der Waals surface area contributed by atoms with Gasteiger partial charge < -0.3 is 24.1 Å². The minimum atomic E-state index is -4.86. The van der Waals surface area contributed by atoms with Crippen LogP contribution in [0.4, 0.5) is 18.0 Å². The first-order valence-corrected chi connectivity index (χ1v) is 5.88. The van der Waals surface area contributed by atoms with Gasteiger partial charge in [-0.1, -0.05) is 0 Å². The number of methoxy groups -OCH3 is 2. The lowest BCUT2D eigenvalue weighted by atomic mass is 10.1. The first-order valence-electron chi connectivity index (χ1n) is 5.88. The van der Waals surface area contributed by atoms with Gasteiger partial charge in [-0.3, -0.25) is 0 Å². The van der Waals surface area contributed by atoms with E-state index in [1.165, 1.54) is 26.4 Å². The van der Waals surface area contributed by atoms with E-state index < -0.39 is 24.2 Å². The van der Waals surface area contributed by atoms with Crippen LogP contribution in [0.2, 0.25) is 0 Å². The molecule has 1 aromatic rings. The number of carbonyl (C=O) groups is 1. The van der Waals surface area contributed by atoms with E-state index in [-0.39, 0.29) is 17.1 Å². The zero-order valence-electron chi connectivity index (χ0n) is 11.4. The second kappa shape index (κ2) is 5.66. The molecule has 0 aliphatic carbocycles. The molecule has 120 valence electrons. The average molecular weight is 320 g/mol. The van der Waals surface area contributed by atoms with Gasteiger partial charge in [0, 0.05) is 11.6 Å². The van der Waals surface area contributed by atoms with Crippen LogP contribution in [0.25, 0.3) is 6.08 Å². The second-order valence-electron chi connectivity index (χ2n) is 4.20. The third-order valence-electron chi connectivity index (χ3n) is 2.81. The zero-order chi connectivity index (χ0) is 16.5. The van der Waals surface area contributed by atoms with Crippen LogP contribution >= 0.6 is 0 Å². The predicted octanol–water partition coefficient (Wildman–Crippen LogP) is 3.06. The molecule has 2 rings (SSSR count). The Balaban J connectivity index is 2.57. The van der Waals surface area contributed by atoms with E-state index in [9.17, 15) is 18.0 Å². The number of rotatable bonds is 3. The fourth-order valence-electron chi connectivity index (χ4n) is 1.92. The maximum absolute atomic E-state index is 13.0. The molecule has 1 unspecified atom stereocenters. The molecule has 9 heteroatoms. The molecule has 0 saturated heterocycles. The SMILES string of the molecule is COc1cc2c(c(OC)c1)OC(C(F)(F)F)C(OC(=O)O)=C2. The van der Waals surface area contributed by atoms with Crippen LogP contribution in [0.1, 0.15) is 5.56 Å². The summed E-state index contributed by atoms with van der Waals surface area (Å²) in [6.45, 7) is 0. The van der Waals surface area contributed by atoms with Crippen molar-refractivity contribution in [3.63, 3.8) is 0 Å². The van der Waals surface area contributed by atoms with Gasteiger partial charge in [0.25, 0.3) is 6.10 Å². The number of fused-ring (bicyclic) bond motifs is 1. The molecule has 0 saturated carbocycles. The Kier molecular flexibility index (Phi) is 4.07. The summed E-state index contributed by atoms with van der Waals surface area (Å²) in [5, 5.41) is 8.56. The van der Waals surface area contributed by atoms with E-state index in [1.807, 2.05) is 0 Å². The molecule has 22 heavy (non-hydrogen) atoms. The molecule has 0 spiro atoms. The van der Waals surface area contributed by atoms with Gasteiger partial charge in [0.1, 0.15) is 5.75 Å². The lowest BCUT2D eigenvalue weighted by molar-refractivity contribution is -0.192. The number of carboxylic acid groups (broad SMARTS) is 1. The molecule has 0 aromatic heterocycles. The van der Waals surface area contributed by atoms with Gasteiger partial charge in [0.05, 0.1) is 14.2 Å². The summed E-state index contributed by atoms with van der Waals surface area (Å²) in [7, 11) is 2.62. The van der Waals surface area contributed by atoms with Crippen LogP contribution in [0.3, 0.4) is 0 Å². The Labute approximate surface area is 122 Å². The van der Waals surface area contributed by atoms with Gasteiger partial charge in [-0.2, -0.15) is 13.2 Å². The summed E-state index contributed by atoms with van der Waals surface area (Å²) < 4.78 is 58.1. The van der Waals surface area contributed by atoms with Crippen molar-refractivity contribution >= 4 is 12.2 Å². The van der Waals surface area contributed by atoms with Gasteiger partial charge in [0.2, 0.25) is 0 Å².